The van der Waals surface area contributed by atoms with E-state index >= 15 is 0 Å². The molecule has 0 saturated carbocycles. The van der Waals surface area contributed by atoms with Gasteiger partial charge < -0.3 is 10.1 Å². The molecule has 1 atom stereocenters. The van der Waals surface area contributed by atoms with E-state index in [1.165, 1.54) is 6.07 Å². The number of imide groups is 1. The minimum Gasteiger partial charge on any atom is -0.481 e. The van der Waals surface area contributed by atoms with Gasteiger partial charge in [0.2, 0.25) is 0 Å². The summed E-state index contributed by atoms with van der Waals surface area (Å²) in [6.07, 6.45) is -0.804. The van der Waals surface area contributed by atoms with Crippen LogP contribution in [0.5, 0.6) is 5.75 Å². The standard InChI is InChI=1S/C17H13ClN2O4/c1-9(24-11-7-5-10(18)6-8-11)15(21)19-13-4-2-3-12-14(13)17(23)20-16(12)22/h2-9H,1H3,(H,19,21)(H,20,22,23). The number of hydrogen-bond donors (Lipinski definition) is 2. The molecule has 24 heavy (non-hydrogen) atoms. The molecule has 2 aromatic rings. The number of hydrogen-bond acceptors (Lipinski definition) is 4. The van der Waals surface area contributed by atoms with Crippen molar-refractivity contribution in [3.05, 3.63) is 58.6 Å². The summed E-state index contributed by atoms with van der Waals surface area (Å²) in [6.45, 7) is 1.58. The van der Waals surface area contributed by atoms with Crippen LogP contribution >= 0.6 is 11.6 Å². The Kier molecular flexibility index (Phi) is 4.22. The largest absolute Gasteiger partial charge is 0.481 e. The predicted molar refractivity (Wildman–Crippen MR) is 88.4 cm³/mol. The number of halogens is 1. The molecule has 0 aliphatic carbocycles. The molecule has 7 heteroatoms. The number of nitrogens with one attached hydrogen (secondary N) is 2. The first kappa shape index (κ1) is 16.0. The monoisotopic (exact) mass is 344 g/mol. The van der Waals surface area contributed by atoms with Crippen molar-refractivity contribution in [2.24, 2.45) is 0 Å². The smallest absolute Gasteiger partial charge is 0.265 e. The van der Waals surface area contributed by atoms with Crippen LogP contribution in [0.2, 0.25) is 5.02 Å². The maximum atomic E-state index is 12.3. The van der Waals surface area contributed by atoms with Gasteiger partial charge in [-0.2, -0.15) is 0 Å². The number of anilines is 1. The number of amides is 3. The van der Waals surface area contributed by atoms with Gasteiger partial charge >= 0.3 is 0 Å². The number of fused-ring (bicyclic) bond motifs is 1. The summed E-state index contributed by atoms with van der Waals surface area (Å²) in [7, 11) is 0. The molecule has 0 spiro atoms. The van der Waals surface area contributed by atoms with Crippen molar-refractivity contribution in [1.29, 1.82) is 0 Å². The third kappa shape index (κ3) is 3.09. The van der Waals surface area contributed by atoms with Gasteiger partial charge in [0.25, 0.3) is 17.7 Å². The third-order valence-corrected chi connectivity index (χ3v) is 3.77. The molecule has 1 aliphatic heterocycles. The van der Waals surface area contributed by atoms with E-state index in [0.717, 1.165) is 0 Å². The van der Waals surface area contributed by atoms with Crippen molar-refractivity contribution in [2.75, 3.05) is 5.32 Å². The Morgan fingerprint density at radius 1 is 1.12 bits per heavy atom. The zero-order valence-electron chi connectivity index (χ0n) is 12.6. The minimum atomic E-state index is -0.804. The lowest BCUT2D eigenvalue weighted by Crippen LogP contribution is -2.30. The van der Waals surface area contributed by atoms with Crippen molar-refractivity contribution in [3.63, 3.8) is 0 Å². The van der Waals surface area contributed by atoms with Gasteiger partial charge in [0.1, 0.15) is 5.75 Å². The molecule has 0 aromatic heterocycles. The summed E-state index contributed by atoms with van der Waals surface area (Å²) in [5.41, 5.74) is 0.672. The topological polar surface area (TPSA) is 84.5 Å². The minimum absolute atomic E-state index is 0.162. The number of benzene rings is 2. The maximum Gasteiger partial charge on any atom is 0.265 e. The third-order valence-electron chi connectivity index (χ3n) is 3.52. The van der Waals surface area contributed by atoms with Gasteiger partial charge in [-0.1, -0.05) is 17.7 Å². The summed E-state index contributed by atoms with van der Waals surface area (Å²) >= 11 is 5.80. The Balaban J connectivity index is 1.75. The van der Waals surface area contributed by atoms with E-state index in [1.54, 1.807) is 43.3 Å². The van der Waals surface area contributed by atoms with Crippen LogP contribution in [0.3, 0.4) is 0 Å². The fraction of sp³-hybridized carbons (Fsp3) is 0.118. The molecule has 122 valence electrons. The number of carbonyl (C=O) groups excluding carboxylic acids is 3. The van der Waals surface area contributed by atoms with Gasteiger partial charge in [-0.25, -0.2) is 0 Å². The molecule has 1 heterocycles. The van der Waals surface area contributed by atoms with Crippen LogP contribution in [0, 0.1) is 0 Å². The molecule has 3 amide bonds. The van der Waals surface area contributed by atoms with Gasteiger partial charge in [-0.15, -0.1) is 0 Å². The van der Waals surface area contributed by atoms with E-state index in [4.69, 9.17) is 16.3 Å². The molecular formula is C17H13ClN2O4. The van der Waals surface area contributed by atoms with Crippen molar-refractivity contribution >= 4 is 35.0 Å². The van der Waals surface area contributed by atoms with Gasteiger partial charge in [0.05, 0.1) is 16.8 Å². The Morgan fingerprint density at radius 2 is 1.83 bits per heavy atom. The molecule has 2 aromatic carbocycles. The van der Waals surface area contributed by atoms with E-state index < -0.39 is 23.8 Å². The highest BCUT2D eigenvalue weighted by Crippen LogP contribution is 2.25. The van der Waals surface area contributed by atoms with Crippen LogP contribution in [-0.4, -0.2) is 23.8 Å². The fourth-order valence-corrected chi connectivity index (χ4v) is 2.45. The maximum absolute atomic E-state index is 12.3. The normalized spacial score (nSPS) is 13.9. The summed E-state index contributed by atoms with van der Waals surface area (Å²) in [5, 5.41) is 5.38. The second-order valence-electron chi connectivity index (χ2n) is 5.21. The summed E-state index contributed by atoms with van der Waals surface area (Å²) in [4.78, 5) is 35.8. The second-order valence-corrected chi connectivity index (χ2v) is 5.65. The first-order chi connectivity index (χ1) is 11.5. The Hall–Kier alpha value is -2.86. The lowest BCUT2D eigenvalue weighted by Gasteiger charge is -2.15. The molecule has 3 rings (SSSR count). The second kappa shape index (κ2) is 6.33. The van der Waals surface area contributed by atoms with E-state index in [0.29, 0.717) is 10.8 Å². The predicted octanol–water partition coefficient (Wildman–Crippen LogP) is 2.63. The van der Waals surface area contributed by atoms with Gasteiger partial charge in [-0.3, -0.25) is 19.7 Å². The first-order valence-corrected chi connectivity index (χ1v) is 7.55. The Morgan fingerprint density at radius 3 is 2.54 bits per heavy atom. The SMILES string of the molecule is CC(Oc1ccc(Cl)cc1)C(=O)Nc1cccc2c1C(=O)NC2=O. The lowest BCUT2D eigenvalue weighted by atomic mass is 10.1. The summed E-state index contributed by atoms with van der Waals surface area (Å²) in [5.74, 6) is -0.951. The van der Waals surface area contributed by atoms with Crippen LogP contribution in [0.25, 0.3) is 0 Å². The highest BCUT2D eigenvalue weighted by atomic mass is 35.5. The van der Waals surface area contributed by atoms with E-state index in [1.807, 2.05) is 0 Å². The molecular weight excluding hydrogens is 332 g/mol. The lowest BCUT2D eigenvalue weighted by molar-refractivity contribution is -0.122. The van der Waals surface area contributed by atoms with Crippen molar-refractivity contribution in [2.45, 2.75) is 13.0 Å². The number of ether oxygens (including phenoxy) is 1. The van der Waals surface area contributed by atoms with E-state index in [2.05, 4.69) is 10.6 Å². The molecule has 1 unspecified atom stereocenters. The molecule has 6 nitrogen and oxygen atoms in total. The Labute approximate surface area is 142 Å². The summed E-state index contributed by atoms with van der Waals surface area (Å²) in [6, 6.07) is 11.3. The highest BCUT2D eigenvalue weighted by Gasteiger charge is 2.30. The van der Waals surface area contributed by atoms with Gasteiger partial charge in [0.15, 0.2) is 6.10 Å². The van der Waals surface area contributed by atoms with Crippen molar-refractivity contribution < 1.29 is 19.1 Å². The zero-order valence-corrected chi connectivity index (χ0v) is 13.4. The van der Waals surface area contributed by atoms with Crippen LogP contribution in [-0.2, 0) is 4.79 Å². The van der Waals surface area contributed by atoms with Crippen molar-refractivity contribution in [3.8, 4) is 5.75 Å². The molecule has 1 aliphatic rings. The average molecular weight is 345 g/mol. The molecule has 0 bridgehead atoms. The first-order valence-electron chi connectivity index (χ1n) is 7.17. The van der Waals surface area contributed by atoms with Crippen LogP contribution in [0.4, 0.5) is 5.69 Å². The van der Waals surface area contributed by atoms with Gasteiger partial charge in [-0.05, 0) is 43.3 Å². The molecule has 0 radical (unpaired) electrons. The zero-order chi connectivity index (χ0) is 17.3. The van der Waals surface area contributed by atoms with Gasteiger partial charge in [0, 0.05) is 5.02 Å². The quantitative estimate of drug-likeness (QED) is 0.835. The molecule has 0 fully saturated rings. The molecule has 0 saturated heterocycles. The van der Waals surface area contributed by atoms with Crippen LogP contribution in [0.1, 0.15) is 27.6 Å². The van der Waals surface area contributed by atoms with Crippen LogP contribution in [0.15, 0.2) is 42.5 Å². The van der Waals surface area contributed by atoms with E-state index in [-0.39, 0.29) is 16.8 Å². The summed E-state index contributed by atoms with van der Waals surface area (Å²) < 4.78 is 5.53. The highest BCUT2D eigenvalue weighted by molar-refractivity contribution is 6.30. The van der Waals surface area contributed by atoms with Crippen LogP contribution < -0.4 is 15.4 Å². The number of carbonyl (C=O) groups is 3. The molecule has 2 N–H and O–H groups in total. The number of rotatable bonds is 4. The van der Waals surface area contributed by atoms with E-state index in [9.17, 15) is 14.4 Å². The van der Waals surface area contributed by atoms with Crippen molar-refractivity contribution in [1.82, 2.24) is 5.32 Å². The Bertz CT molecular complexity index is 833. The fourth-order valence-electron chi connectivity index (χ4n) is 2.33. The average Bonchev–Trinajstić information content (AvgIpc) is 2.85.